The summed E-state index contributed by atoms with van der Waals surface area (Å²) in [7, 11) is 0. The molecule has 0 spiro atoms. The Kier molecular flexibility index (Phi) is 4.74. The number of aromatic nitrogens is 2. The van der Waals surface area contributed by atoms with Crippen LogP contribution in [0.3, 0.4) is 0 Å². The molecule has 8 heteroatoms. The summed E-state index contributed by atoms with van der Waals surface area (Å²) in [6.07, 6.45) is -0.526. The summed E-state index contributed by atoms with van der Waals surface area (Å²) in [5, 5.41) is 3.55. The van der Waals surface area contributed by atoms with Gasteiger partial charge in [-0.1, -0.05) is 18.0 Å². The highest BCUT2D eigenvalue weighted by molar-refractivity contribution is 5.84. The van der Waals surface area contributed by atoms with Crippen molar-refractivity contribution < 1.29 is 27.2 Å². The molecule has 1 aliphatic rings. The third kappa shape index (κ3) is 4.29. The molecule has 0 amide bonds. The van der Waals surface area contributed by atoms with E-state index in [-0.39, 0.29) is 24.1 Å². The Bertz CT molecular complexity index is 459. The zero-order chi connectivity index (χ0) is 14.6. The molecule has 2 rings (SSSR count). The zero-order valence-electron chi connectivity index (χ0n) is 10.8. The van der Waals surface area contributed by atoms with Crippen LogP contribution in [0.2, 0.25) is 0 Å². The van der Waals surface area contributed by atoms with E-state index in [1.54, 1.807) is 0 Å². The van der Waals surface area contributed by atoms with Crippen LogP contribution in [0, 0.1) is 0 Å². The topological polar surface area (TPSA) is 65.2 Å². The monoisotopic (exact) mass is 292 g/mol. The van der Waals surface area contributed by atoms with Crippen molar-refractivity contribution in [1.82, 2.24) is 10.1 Å². The number of ketones is 1. The van der Waals surface area contributed by atoms with Gasteiger partial charge in [-0.15, -0.1) is 0 Å². The van der Waals surface area contributed by atoms with Gasteiger partial charge in [-0.25, -0.2) is 0 Å². The normalized spacial score (nSPS) is 20.9. The van der Waals surface area contributed by atoms with Crippen LogP contribution in [0.25, 0.3) is 0 Å². The maximum Gasteiger partial charge on any atom is 0.411 e. The second kappa shape index (κ2) is 6.34. The Morgan fingerprint density at radius 3 is 2.85 bits per heavy atom. The Hall–Kier alpha value is -1.44. The number of carbonyl (C=O) groups excluding carboxylic acids is 1. The molecular weight excluding hydrogens is 277 g/mol. The van der Waals surface area contributed by atoms with E-state index in [1.165, 1.54) is 0 Å². The highest BCUT2D eigenvalue weighted by atomic mass is 19.4. The summed E-state index contributed by atoms with van der Waals surface area (Å²) in [6, 6.07) is 0. The minimum Gasteiger partial charge on any atom is -0.364 e. The lowest BCUT2D eigenvalue weighted by Crippen LogP contribution is -2.17. The van der Waals surface area contributed by atoms with E-state index in [0.29, 0.717) is 12.8 Å². The molecule has 0 N–H and O–H groups in total. The van der Waals surface area contributed by atoms with E-state index in [0.717, 1.165) is 19.3 Å². The second-order valence-corrected chi connectivity index (χ2v) is 4.78. The standard InChI is InChI=1S/C12H15F3N2O3/c13-12(14,15)7-19-6-10-16-11(20-17-10)8-4-2-1-3-5-9(8)18/h8H,1-7H2. The molecule has 1 fully saturated rings. The molecule has 1 saturated carbocycles. The maximum absolute atomic E-state index is 11.9. The van der Waals surface area contributed by atoms with Crippen molar-refractivity contribution in [3.05, 3.63) is 11.7 Å². The number of alkyl halides is 3. The lowest BCUT2D eigenvalue weighted by Gasteiger charge is -2.06. The highest BCUT2D eigenvalue weighted by Gasteiger charge is 2.29. The van der Waals surface area contributed by atoms with E-state index in [2.05, 4.69) is 14.9 Å². The Balaban J connectivity index is 1.92. The number of nitrogens with zero attached hydrogens (tertiary/aromatic N) is 2. The smallest absolute Gasteiger partial charge is 0.364 e. The fourth-order valence-corrected chi connectivity index (χ4v) is 2.15. The average molecular weight is 292 g/mol. The first-order valence-electron chi connectivity index (χ1n) is 6.45. The quantitative estimate of drug-likeness (QED) is 0.798. The summed E-state index contributed by atoms with van der Waals surface area (Å²) < 4.78 is 45.2. The number of ether oxygens (including phenoxy) is 1. The van der Waals surface area contributed by atoms with Gasteiger partial charge in [0.2, 0.25) is 5.89 Å². The first kappa shape index (κ1) is 15.0. The van der Waals surface area contributed by atoms with Crippen LogP contribution < -0.4 is 0 Å². The van der Waals surface area contributed by atoms with Gasteiger partial charge in [0.15, 0.2) is 5.82 Å². The van der Waals surface area contributed by atoms with Crippen molar-refractivity contribution in [3.63, 3.8) is 0 Å². The van der Waals surface area contributed by atoms with Gasteiger partial charge in [0.1, 0.15) is 19.0 Å². The van der Waals surface area contributed by atoms with Crippen LogP contribution in [-0.2, 0) is 16.1 Å². The summed E-state index contributed by atoms with van der Waals surface area (Å²) in [4.78, 5) is 15.8. The third-order valence-electron chi connectivity index (χ3n) is 3.08. The maximum atomic E-state index is 11.9. The number of hydrogen-bond acceptors (Lipinski definition) is 5. The van der Waals surface area contributed by atoms with Gasteiger partial charge in [0.25, 0.3) is 0 Å². The summed E-state index contributed by atoms with van der Waals surface area (Å²) in [5.41, 5.74) is 0. The van der Waals surface area contributed by atoms with E-state index >= 15 is 0 Å². The van der Waals surface area contributed by atoms with Crippen LogP contribution in [0.5, 0.6) is 0 Å². The van der Waals surface area contributed by atoms with Crippen LogP contribution in [0.15, 0.2) is 4.52 Å². The molecular formula is C12H15F3N2O3. The molecule has 0 saturated heterocycles. The second-order valence-electron chi connectivity index (χ2n) is 4.78. The molecule has 0 aliphatic heterocycles. The first-order valence-corrected chi connectivity index (χ1v) is 6.45. The third-order valence-corrected chi connectivity index (χ3v) is 3.08. The molecule has 1 aromatic heterocycles. The van der Waals surface area contributed by atoms with E-state index in [1.807, 2.05) is 0 Å². The highest BCUT2D eigenvalue weighted by Crippen LogP contribution is 2.28. The van der Waals surface area contributed by atoms with Gasteiger partial charge >= 0.3 is 6.18 Å². The molecule has 20 heavy (non-hydrogen) atoms. The minimum atomic E-state index is -4.39. The summed E-state index contributed by atoms with van der Waals surface area (Å²) in [5.74, 6) is -0.168. The SMILES string of the molecule is O=C1CCCCCC1c1nc(COCC(F)(F)F)no1. The zero-order valence-corrected chi connectivity index (χ0v) is 10.8. The Morgan fingerprint density at radius 1 is 1.30 bits per heavy atom. The molecule has 5 nitrogen and oxygen atoms in total. The van der Waals surface area contributed by atoms with Crippen molar-refractivity contribution in [2.75, 3.05) is 6.61 Å². The fourth-order valence-electron chi connectivity index (χ4n) is 2.15. The fraction of sp³-hybridized carbons (Fsp3) is 0.750. The number of hydrogen-bond donors (Lipinski definition) is 0. The van der Waals surface area contributed by atoms with Gasteiger partial charge in [0, 0.05) is 6.42 Å². The van der Waals surface area contributed by atoms with E-state index in [9.17, 15) is 18.0 Å². The van der Waals surface area contributed by atoms with Crippen molar-refractivity contribution in [2.24, 2.45) is 0 Å². The number of halogens is 3. The van der Waals surface area contributed by atoms with Gasteiger partial charge in [-0.05, 0) is 12.8 Å². The molecule has 1 unspecified atom stereocenters. The summed E-state index contributed by atoms with van der Waals surface area (Å²) >= 11 is 0. The van der Waals surface area contributed by atoms with Crippen LogP contribution >= 0.6 is 0 Å². The van der Waals surface area contributed by atoms with Crippen molar-refractivity contribution in [1.29, 1.82) is 0 Å². The number of carbonyl (C=O) groups is 1. The predicted octanol–water partition coefficient (Wildman–Crippen LogP) is 2.77. The van der Waals surface area contributed by atoms with Gasteiger partial charge in [-0.2, -0.15) is 18.2 Å². The molecule has 1 aliphatic carbocycles. The first-order chi connectivity index (χ1) is 9.46. The van der Waals surface area contributed by atoms with Gasteiger partial charge in [-0.3, -0.25) is 4.79 Å². The van der Waals surface area contributed by atoms with E-state index in [4.69, 9.17) is 4.52 Å². The molecule has 112 valence electrons. The van der Waals surface area contributed by atoms with Crippen molar-refractivity contribution in [3.8, 4) is 0 Å². The number of Topliss-reactive ketones (excluding diaryl/α,β-unsaturated/α-hetero) is 1. The molecule has 0 radical (unpaired) electrons. The van der Waals surface area contributed by atoms with Crippen LogP contribution in [-0.4, -0.2) is 28.7 Å². The molecule has 1 atom stereocenters. The number of rotatable bonds is 4. The summed E-state index contributed by atoms with van der Waals surface area (Å²) in [6.45, 7) is -1.75. The average Bonchev–Trinajstić information content (AvgIpc) is 2.70. The lowest BCUT2D eigenvalue weighted by atomic mass is 9.99. The molecule has 1 heterocycles. The van der Waals surface area contributed by atoms with Crippen LogP contribution in [0.4, 0.5) is 13.2 Å². The van der Waals surface area contributed by atoms with Gasteiger partial charge in [0.05, 0.1) is 5.92 Å². The molecule has 0 bridgehead atoms. The van der Waals surface area contributed by atoms with Gasteiger partial charge < -0.3 is 9.26 Å². The van der Waals surface area contributed by atoms with Crippen molar-refractivity contribution in [2.45, 2.75) is 50.8 Å². The van der Waals surface area contributed by atoms with Crippen molar-refractivity contribution >= 4 is 5.78 Å². The Labute approximate surface area is 113 Å². The Morgan fingerprint density at radius 2 is 2.10 bits per heavy atom. The molecule has 1 aromatic rings. The predicted molar refractivity (Wildman–Crippen MR) is 60.8 cm³/mol. The minimum absolute atomic E-state index is 0.0290. The largest absolute Gasteiger partial charge is 0.411 e. The lowest BCUT2D eigenvalue weighted by molar-refractivity contribution is -0.177. The van der Waals surface area contributed by atoms with E-state index < -0.39 is 18.7 Å². The van der Waals surface area contributed by atoms with Crippen LogP contribution in [0.1, 0.15) is 49.7 Å². The molecule has 0 aromatic carbocycles.